The molecule has 0 fully saturated rings. The van der Waals surface area contributed by atoms with E-state index in [2.05, 4.69) is 15.9 Å². The van der Waals surface area contributed by atoms with E-state index in [4.69, 9.17) is 4.74 Å². The molecule has 0 spiro atoms. The summed E-state index contributed by atoms with van der Waals surface area (Å²) in [6.07, 6.45) is 0.0784. The lowest BCUT2D eigenvalue weighted by atomic mass is 10.3. The van der Waals surface area contributed by atoms with Crippen molar-refractivity contribution in [3.63, 3.8) is 0 Å². The summed E-state index contributed by atoms with van der Waals surface area (Å²) in [6, 6.07) is 13.7. The molecule has 0 N–H and O–H groups in total. The van der Waals surface area contributed by atoms with Crippen LogP contribution in [0.3, 0.4) is 0 Å². The molecule has 2 aromatic carbocycles. The average molecular weight is 398 g/mol. The van der Waals surface area contributed by atoms with Gasteiger partial charge in [0.1, 0.15) is 5.75 Å². The van der Waals surface area contributed by atoms with Crippen LogP contribution in [0.1, 0.15) is 20.8 Å². The van der Waals surface area contributed by atoms with E-state index < -0.39 is 10.0 Å². The maximum Gasteiger partial charge on any atom is 0.264 e. The molecular formula is C17H20BrNO3S. The molecule has 0 saturated heterocycles. The molecule has 0 aromatic heterocycles. The smallest absolute Gasteiger partial charge is 0.264 e. The fraction of sp³-hybridized carbons (Fsp3) is 0.294. The summed E-state index contributed by atoms with van der Waals surface area (Å²) >= 11 is 3.32. The highest BCUT2D eigenvalue weighted by molar-refractivity contribution is 9.10. The summed E-state index contributed by atoms with van der Waals surface area (Å²) in [5.41, 5.74) is 0.617. The second kappa shape index (κ2) is 7.36. The van der Waals surface area contributed by atoms with E-state index >= 15 is 0 Å². The third-order valence-corrected chi connectivity index (χ3v) is 5.63. The lowest BCUT2D eigenvalue weighted by Crippen LogP contribution is -2.30. The molecule has 23 heavy (non-hydrogen) atoms. The number of hydrogen-bond donors (Lipinski definition) is 0. The van der Waals surface area contributed by atoms with Crippen LogP contribution < -0.4 is 9.04 Å². The number of rotatable bonds is 6. The second-order valence-electron chi connectivity index (χ2n) is 5.28. The van der Waals surface area contributed by atoms with Gasteiger partial charge in [0.2, 0.25) is 0 Å². The fourth-order valence-corrected chi connectivity index (χ4v) is 3.93. The van der Waals surface area contributed by atoms with Crippen molar-refractivity contribution in [2.24, 2.45) is 0 Å². The molecule has 0 bridgehead atoms. The second-order valence-corrected chi connectivity index (χ2v) is 8.06. The van der Waals surface area contributed by atoms with E-state index in [1.807, 2.05) is 20.8 Å². The first-order chi connectivity index (χ1) is 10.8. The zero-order valence-electron chi connectivity index (χ0n) is 13.4. The van der Waals surface area contributed by atoms with E-state index in [-0.39, 0.29) is 11.0 Å². The van der Waals surface area contributed by atoms with Crippen molar-refractivity contribution < 1.29 is 13.2 Å². The molecule has 0 amide bonds. The summed E-state index contributed by atoms with van der Waals surface area (Å²) < 4.78 is 33.5. The van der Waals surface area contributed by atoms with Gasteiger partial charge < -0.3 is 4.74 Å². The highest BCUT2D eigenvalue weighted by atomic mass is 79.9. The van der Waals surface area contributed by atoms with Crippen LogP contribution in [0.25, 0.3) is 0 Å². The van der Waals surface area contributed by atoms with Gasteiger partial charge in [-0.2, -0.15) is 0 Å². The van der Waals surface area contributed by atoms with E-state index in [1.54, 1.807) is 48.5 Å². The van der Waals surface area contributed by atoms with Gasteiger partial charge in [-0.1, -0.05) is 15.9 Å². The van der Waals surface area contributed by atoms with Crippen LogP contribution in [-0.4, -0.2) is 21.1 Å². The normalized spacial score (nSPS) is 11.5. The summed E-state index contributed by atoms with van der Waals surface area (Å²) in [5.74, 6) is 0.723. The van der Waals surface area contributed by atoms with Gasteiger partial charge >= 0.3 is 0 Å². The lowest BCUT2D eigenvalue weighted by molar-refractivity contribution is 0.242. The molecule has 2 aromatic rings. The summed E-state index contributed by atoms with van der Waals surface area (Å²) in [5, 5.41) is 0. The van der Waals surface area contributed by atoms with Crippen molar-refractivity contribution in [3.8, 4) is 5.75 Å². The van der Waals surface area contributed by atoms with Gasteiger partial charge in [0.15, 0.2) is 0 Å². The molecule has 0 radical (unpaired) electrons. The molecule has 0 aliphatic heterocycles. The van der Waals surface area contributed by atoms with Crippen molar-refractivity contribution in [2.75, 3.05) is 10.8 Å². The number of nitrogens with zero attached hydrogens (tertiary/aromatic N) is 1. The van der Waals surface area contributed by atoms with Gasteiger partial charge in [-0.15, -0.1) is 0 Å². The quantitative estimate of drug-likeness (QED) is 0.722. The topological polar surface area (TPSA) is 46.6 Å². The van der Waals surface area contributed by atoms with Gasteiger partial charge in [0.05, 0.1) is 16.7 Å². The van der Waals surface area contributed by atoms with Gasteiger partial charge in [-0.3, -0.25) is 4.31 Å². The zero-order chi connectivity index (χ0) is 17.0. The minimum Gasteiger partial charge on any atom is -0.491 e. The van der Waals surface area contributed by atoms with Crippen molar-refractivity contribution in [2.45, 2.75) is 31.8 Å². The highest BCUT2D eigenvalue weighted by Gasteiger charge is 2.23. The fourth-order valence-electron chi connectivity index (χ4n) is 2.19. The minimum absolute atomic E-state index is 0.0784. The first-order valence-electron chi connectivity index (χ1n) is 7.39. The molecule has 2 rings (SSSR count). The van der Waals surface area contributed by atoms with Crippen LogP contribution in [0.4, 0.5) is 5.69 Å². The Morgan fingerprint density at radius 2 is 1.61 bits per heavy atom. The standard InChI is InChI=1S/C17H20BrNO3S/c1-4-19(15-7-9-16(10-8-15)22-13(2)3)23(20,21)17-11-5-14(18)6-12-17/h5-13H,4H2,1-3H3. The predicted octanol–water partition coefficient (Wildman–Crippen LogP) is 4.45. The highest BCUT2D eigenvalue weighted by Crippen LogP contribution is 2.26. The number of halogens is 1. The SMILES string of the molecule is CCN(c1ccc(OC(C)C)cc1)S(=O)(=O)c1ccc(Br)cc1. The summed E-state index contributed by atoms with van der Waals surface area (Å²) in [6.45, 7) is 6.06. The molecule has 0 heterocycles. The molecule has 6 heteroatoms. The van der Waals surface area contributed by atoms with Crippen LogP contribution >= 0.6 is 15.9 Å². The van der Waals surface area contributed by atoms with E-state index in [0.717, 1.165) is 10.2 Å². The van der Waals surface area contributed by atoms with Gasteiger partial charge in [0, 0.05) is 11.0 Å². The first-order valence-corrected chi connectivity index (χ1v) is 9.63. The Hall–Kier alpha value is -1.53. The Balaban J connectivity index is 2.33. The molecule has 0 saturated carbocycles. The van der Waals surface area contributed by atoms with E-state index in [1.165, 1.54) is 4.31 Å². The summed E-state index contributed by atoms with van der Waals surface area (Å²) in [7, 11) is -3.59. The predicted molar refractivity (Wildman–Crippen MR) is 96.6 cm³/mol. The molecule has 124 valence electrons. The Kier molecular flexibility index (Phi) is 5.70. The van der Waals surface area contributed by atoms with Crippen molar-refractivity contribution in [1.29, 1.82) is 0 Å². The number of ether oxygens (including phenoxy) is 1. The van der Waals surface area contributed by atoms with Crippen molar-refractivity contribution >= 4 is 31.6 Å². The van der Waals surface area contributed by atoms with Gasteiger partial charge in [-0.25, -0.2) is 8.42 Å². The average Bonchev–Trinajstić information content (AvgIpc) is 2.49. The number of benzene rings is 2. The Labute approximate surface area is 146 Å². The van der Waals surface area contributed by atoms with Crippen LogP contribution in [0, 0.1) is 0 Å². The third kappa shape index (κ3) is 4.26. The van der Waals surface area contributed by atoms with Crippen molar-refractivity contribution in [1.82, 2.24) is 0 Å². The monoisotopic (exact) mass is 397 g/mol. The van der Waals surface area contributed by atoms with Gasteiger partial charge in [0.25, 0.3) is 10.0 Å². The molecule has 4 nitrogen and oxygen atoms in total. The lowest BCUT2D eigenvalue weighted by Gasteiger charge is -2.23. The number of sulfonamides is 1. The Morgan fingerprint density at radius 3 is 2.09 bits per heavy atom. The Morgan fingerprint density at radius 1 is 1.04 bits per heavy atom. The zero-order valence-corrected chi connectivity index (χ0v) is 15.8. The molecule has 0 unspecified atom stereocenters. The minimum atomic E-state index is -3.59. The molecular weight excluding hydrogens is 378 g/mol. The largest absolute Gasteiger partial charge is 0.491 e. The van der Waals surface area contributed by atoms with E-state index in [0.29, 0.717) is 12.2 Å². The Bertz CT molecular complexity index is 740. The summed E-state index contributed by atoms with van der Waals surface area (Å²) in [4.78, 5) is 0.269. The number of hydrogen-bond acceptors (Lipinski definition) is 3. The first kappa shape index (κ1) is 17.8. The van der Waals surface area contributed by atoms with Crippen LogP contribution in [-0.2, 0) is 10.0 Å². The van der Waals surface area contributed by atoms with Crippen LogP contribution in [0.2, 0.25) is 0 Å². The third-order valence-electron chi connectivity index (χ3n) is 3.19. The van der Waals surface area contributed by atoms with Crippen LogP contribution in [0.15, 0.2) is 57.9 Å². The van der Waals surface area contributed by atoms with Crippen LogP contribution in [0.5, 0.6) is 5.75 Å². The van der Waals surface area contributed by atoms with Crippen molar-refractivity contribution in [3.05, 3.63) is 53.0 Å². The number of anilines is 1. The molecule has 0 atom stereocenters. The maximum atomic E-state index is 12.8. The van der Waals surface area contributed by atoms with E-state index in [9.17, 15) is 8.42 Å². The van der Waals surface area contributed by atoms with Gasteiger partial charge in [-0.05, 0) is 69.3 Å². The molecule has 0 aliphatic rings. The molecule has 0 aliphatic carbocycles. The maximum absolute atomic E-state index is 12.8.